The fourth-order valence-corrected chi connectivity index (χ4v) is 3.74. The predicted octanol–water partition coefficient (Wildman–Crippen LogP) is 1.19. The zero-order valence-corrected chi connectivity index (χ0v) is 16.6. The van der Waals surface area contributed by atoms with Crippen LogP contribution in [0.4, 0.5) is 0 Å². The minimum absolute atomic E-state index is 0.0565. The van der Waals surface area contributed by atoms with Crippen LogP contribution in [0.5, 0.6) is 11.5 Å². The molecule has 27 heavy (non-hydrogen) atoms. The number of benzene rings is 1. The molecule has 146 valence electrons. The molecule has 1 saturated heterocycles. The molecule has 1 atom stereocenters. The minimum atomic E-state index is -1.56. The average molecular weight is 410 g/mol. The van der Waals surface area contributed by atoms with Gasteiger partial charge in [-0.1, -0.05) is 43.4 Å². The largest absolute Gasteiger partial charge is 0.548 e. The zero-order valence-electron chi connectivity index (χ0n) is 15.0. The lowest BCUT2D eigenvalue weighted by Gasteiger charge is -2.25. The van der Waals surface area contributed by atoms with Crippen LogP contribution in [0.3, 0.4) is 0 Å². The van der Waals surface area contributed by atoms with Crippen LogP contribution in [0.25, 0.3) is 6.08 Å². The van der Waals surface area contributed by atoms with Gasteiger partial charge in [0.25, 0.3) is 5.91 Å². The third kappa shape index (κ3) is 5.00. The number of rotatable bonds is 9. The summed E-state index contributed by atoms with van der Waals surface area (Å²) in [7, 11) is 1.52. The summed E-state index contributed by atoms with van der Waals surface area (Å²) in [6.45, 7) is 1.87. The van der Waals surface area contributed by atoms with Crippen LogP contribution in [-0.4, -0.2) is 52.6 Å². The third-order valence-corrected chi connectivity index (χ3v) is 5.15. The SMILES string of the molecule is CCCCOc1ccc(/C=C2\SC(=S)N([C@H](CO)C(=O)[O-])C2=O)cc1OC. The number of aliphatic carboxylic acids is 1. The molecule has 7 nitrogen and oxygen atoms in total. The number of carbonyl (C=O) groups is 2. The molecule has 0 saturated carbocycles. The van der Waals surface area contributed by atoms with Crippen molar-refractivity contribution in [2.45, 2.75) is 25.8 Å². The average Bonchev–Trinajstić information content (AvgIpc) is 2.91. The second-order valence-electron chi connectivity index (χ2n) is 5.68. The molecule has 0 radical (unpaired) electrons. The quantitative estimate of drug-likeness (QED) is 0.368. The van der Waals surface area contributed by atoms with E-state index in [1.807, 2.05) is 0 Å². The van der Waals surface area contributed by atoms with Crippen molar-refractivity contribution in [3.8, 4) is 11.5 Å². The minimum Gasteiger partial charge on any atom is -0.548 e. The molecular formula is C18H20NO6S2-. The number of nitrogens with zero attached hydrogens (tertiary/aromatic N) is 1. The number of thiocarbonyl (C=S) groups is 1. The van der Waals surface area contributed by atoms with Crippen molar-refractivity contribution in [3.63, 3.8) is 0 Å². The van der Waals surface area contributed by atoms with Gasteiger partial charge in [-0.15, -0.1) is 0 Å². The van der Waals surface area contributed by atoms with E-state index >= 15 is 0 Å². The van der Waals surface area contributed by atoms with Crippen molar-refractivity contribution in [3.05, 3.63) is 28.7 Å². The van der Waals surface area contributed by atoms with Gasteiger partial charge in [0.2, 0.25) is 0 Å². The molecule has 1 aliphatic rings. The van der Waals surface area contributed by atoms with Crippen LogP contribution >= 0.6 is 24.0 Å². The van der Waals surface area contributed by atoms with Crippen LogP contribution in [-0.2, 0) is 9.59 Å². The Morgan fingerprint density at radius 1 is 1.44 bits per heavy atom. The molecule has 9 heteroatoms. The molecule has 1 aliphatic heterocycles. The second-order valence-corrected chi connectivity index (χ2v) is 7.36. The van der Waals surface area contributed by atoms with E-state index in [-0.39, 0.29) is 9.23 Å². The van der Waals surface area contributed by atoms with E-state index in [9.17, 15) is 19.8 Å². The van der Waals surface area contributed by atoms with Gasteiger partial charge in [0.05, 0.1) is 31.2 Å². The number of unbranched alkanes of at least 4 members (excludes halogenated alkanes) is 1. The third-order valence-electron chi connectivity index (χ3n) is 3.82. The first-order chi connectivity index (χ1) is 12.9. The number of carbonyl (C=O) groups excluding carboxylic acids is 2. The highest BCUT2D eigenvalue weighted by atomic mass is 32.2. The lowest BCUT2D eigenvalue weighted by Crippen LogP contribution is -2.51. The van der Waals surface area contributed by atoms with Crippen molar-refractivity contribution in [2.75, 3.05) is 20.3 Å². The van der Waals surface area contributed by atoms with E-state index in [1.54, 1.807) is 24.3 Å². The van der Waals surface area contributed by atoms with Gasteiger partial charge in [0.1, 0.15) is 10.4 Å². The fourth-order valence-electron chi connectivity index (χ4n) is 2.38. The highest BCUT2D eigenvalue weighted by Crippen LogP contribution is 2.35. The molecule has 1 heterocycles. The highest BCUT2D eigenvalue weighted by Gasteiger charge is 2.37. The molecule has 0 spiro atoms. The van der Waals surface area contributed by atoms with Crippen LogP contribution in [0.1, 0.15) is 25.3 Å². The maximum Gasteiger partial charge on any atom is 0.266 e. The number of hydrogen-bond donors (Lipinski definition) is 1. The van der Waals surface area contributed by atoms with Gasteiger partial charge in [-0.2, -0.15) is 0 Å². The van der Waals surface area contributed by atoms with Crippen molar-refractivity contribution >= 4 is 46.3 Å². The van der Waals surface area contributed by atoms with Gasteiger partial charge < -0.3 is 24.5 Å². The van der Waals surface area contributed by atoms with Crippen LogP contribution in [0.15, 0.2) is 23.1 Å². The number of hydrogen-bond acceptors (Lipinski definition) is 8. The first kappa shape index (κ1) is 21.2. The second kappa shape index (κ2) is 9.72. The molecular weight excluding hydrogens is 390 g/mol. The first-order valence-corrected chi connectivity index (χ1v) is 9.55. The van der Waals surface area contributed by atoms with E-state index < -0.39 is 24.5 Å². The number of carboxylic acid groups (broad SMARTS) is 1. The Morgan fingerprint density at radius 3 is 2.78 bits per heavy atom. The predicted molar refractivity (Wildman–Crippen MR) is 104 cm³/mol. The number of carboxylic acids is 1. The summed E-state index contributed by atoms with van der Waals surface area (Å²) in [4.78, 5) is 24.7. The monoisotopic (exact) mass is 410 g/mol. The fraction of sp³-hybridized carbons (Fsp3) is 0.389. The molecule has 1 aromatic carbocycles. The Balaban J connectivity index is 2.24. The maximum atomic E-state index is 12.5. The maximum absolute atomic E-state index is 12.5. The Bertz CT molecular complexity index is 764. The smallest absolute Gasteiger partial charge is 0.266 e. The number of methoxy groups -OCH3 is 1. The molecule has 0 aliphatic carbocycles. The van der Waals surface area contributed by atoms with Crippen molar-refractivity contribution in [1.82, 2.24) is 4.90 Å². The van der Waals surface area contributed by atoms with Crippen molar-refractivity contribution in [2.24, 2.45) is 0 Å². The van der Waals surface area contributed by atoms with Crippen molar-refractivity contribution < 1.29 is 29.3 Å². The van der Waals surface area contributed by atoms with Crippen molar-refractivity contribution in [1.29, 1.82) is 0 Å². The lowest BCUT2D eigenvalue weighted by atomic mass is 10.1. The number of thioether (sulfide) groups is 1. The highest BCUT2D eigenvalue weighted by molar-refractivity contribution is 8.26. The Labute approximate surface area is 166 Å². The zero-order chi connectivity index (χ0) is 20.0. The summed E-state index contributed by atoms with van der Waals surface area (Å²) >= 11 is 6.05. The number of aliphatic hydroxyl groups is 1. The van der Waals surface area contributed by atoms with Gasteiger partial charge in [0.15, 0.2) is 11.5 Å². The van der Waals surface area contributed by atoms with Gasteiger partial charge in [0, 0.05) is 0 Å². The standard InChI is InChI=1S/C18H21NO6S2/c1-3-4-7-25-13-6-5-11(8-14(13)24-2)9-15-16(21)19(18(26)27-15)12(10-20)17(22)23/h5-6,8-9,12,20H,3-4,7,10H2,1-2H3,(H,22,23)/p-1/b15-9-/t12-/m1/s1. The Hall–Kier alpha value is -2.10. The Morgan fingerprint density at radius 2 is 2.19 bits per heavy atom. The molecule has 1 amide bonds. The summed E-state index contributed by atoms with van der Waals surface area (Å²) < 4.78 is 11.1. The van der Waals surface area contributed by atoms with Gasteiger partial charge in [-0.25, -0.2) is 0 Å². The first-order valence-electron chi connectivity index (χ1n) is 8.32. The van der Waals surface area contributed by atoms with Gasteiger partial charge in [-0.05, 0) is 30.2 Å². The van der Waals surface area contributed by atoms with E-state index in [4.69, 9.17) is 21.7 Å². The number of amides is 1. The summed E-state index contributed by atoms with van der Waals surface area (Å²) in [6.07, 6.45) is 3.53. The molecule has 1 aromatic rings. The topological polar surface area (TPSA) is 99.1 Å². The number of ether oxygens (including phenoxy) is 2. The van der Waals surface area contributed by atoms with E-state index in [0.717, 1.165) is 29.5 Å². The molecule has 2 rings (SSSR count). The molecule has 1 fully saturated rings. The molecule has 0 aromatic heterocycles. The van der Waals surface area contributed by atoms with Gasteiger partial charge >= 0.3 is 0 Å². The summed E-state index contributed by atoms with van der Waals surface area (Å²) in [5.74, 6) is -1.02. The van der Waals surface area contributed by atoms with E-state index in [0.29, 0.717) is 23.7 Å². The summed E-state index contributed by atoms with van der Waals surface area (Å²) in [6, 6.07) is 3.72. The van der Waals surface area contributed by atoms with Crippen LogP contribution in [0.2, 0.25) is 0 Å². The van der Waals surface area contributed by atoms with Crippen LogP contribution < -0.4 is 14.6 Å². The number of aliphatic hydroxyl groups excluding tert-OH is 1. The van der Waals surface area contributed by atoms with E-state index in [1.165, 1.54) is 7.11 Å². The molecule has 0 unspecified atom stereocenters. The van der Waals surface area contributed by atoms with Crippen LogP contribution in [0, 0.1) is 0 Å². The summed E-state index contributed by atoms with van der Waals surface area (Å²) in [5, 5.41) is 20.3. The van der Waals surface area contributed by atoms with E-state index in [2.05, 4.69) is 6.92 Å². The van der Waals surface area contributed by atoms with Gasteiger partial charge in [-0.3, -0.25) is 9.69 Å². The molecule has 0 bridgehead atoms. The Kier molecular flexibility index (Phi) is 7.64. The lowest BCUT2D eigenvalue weighted by molar-refractivity contribution is -0.311. The summed E-state index contributed by atoms with van der Waals surface area (Å²) in [5.41, 5.74) is 0.671. The molecule has 1 N–H and O–H groups in total. The normalized spacial score (nSPS) is 16.7.